The van der Waals surface area contributed by atoms with Crippen molar-refractivity contribution < 1.29 is 14.0 Å². The Morgan fingerprint density at radius 1 is 1.27 bits per heavy atom. The lowest BCUT2D eigenvalue weighted by Crippen LogP contribution is -2.14. The van der Waals surface area contributed by atoms with E-state index in [2.05, 4.69) is 15.9 Å². The van der Waals surface area contributed by atoms with E-state index in [0.717, 1.165) is 0 Å². The van der Waals surface area contributed by atoms with Crippen LogP contribution in [0.15, 0.2) is 34.9 Å². The average molecular weight is 267 g/mol. The summed E-state index contributed by atoms with van der Waals surface area (Å²) in [5.41, 5.74) is 0.943. The molecule has 0 aliphatic heterocycles. The van der Waals surface area contributed by atoms with Crippen LogP contribution in [0, 0.1) is 0 Å². The summed E-state index contributed by atoms with van der Waals surface area (Å²) in [6, 6.07) is 7.12. The summed E-state index contributed by atoms with van der Waals surface area (Å²) in [7, 11) is 0. The van der Waals surface area contributed by atoms with Crippen molar-refractivity contribution in [3.05, 3.63) is 36.1 Å². The van der Waals surface area contributed by atoms with Gasteiger partial charge in [0.25, 0.3) is 0 Å². The van der Waals surface area contributed by atoms with E-state index in [4.69, 9.17) is 4.42 Å². The summed E-state index contributed by atoms with van der Waals surface area (Å²) in [6.45, 7) is 0. The van der Waals surface area contributed by atoms with Gasteiger partial charge in [-0.2, -0.15) is 0 Å². The van der Waals surface area contributed by atoms with Crippen LogP contribution in [0.2, 0.25) is 0 Å². The standard InChI is InChI=1S/C11H7BrO3/c12-5-9(13)11(14)8-6-15-10-4-2-1-3-7(8)10/h1-4,6H,5H2. The van der Waals surface area contributed by atoms with Crippen LogP contribution in [0.25, 0.3) is 11.0 Å². The van der Waals surface area contributed by atoms with Crippen LogP contribution in [0.1, 0.15) is 10.4 Å². The normalized spacial score (nSPS) is 10.5. The minimum Gasteiger partial charge on any atom is -0.464 e. The molecule has 0 aliphatic carbocycles. The molecular formula is C11H7BrO3. The zero-order chi connectivity index (χ0) is 10.8. The number of fused-ring (bicyclic) bond motifs is 1. The molecule has 0 bridgehead atoms. The monoisotopic (exact) mass is 266 g/mol. The molecule has 1 heterocycles. The predicted octanol–water partition coefficient (Wildman–Crippen LogP) is 2.58. The minimum absolute atomic E-state index is 0.0331. The van der Waals surface area contributed by atoms with Crippen molar-refractivity contribution in [1.29, 1.82) is 0 Å². The molecule has 15 heavy (non-hydrogen) atoms. The van der Waals surface area contributed by atoms with Gasteiger partial charge in [-0.25, -0.2) is 0 Å². The number of ketones is 2. The first-order valence-electron chi connectivity index (χ1n) is 4.33. The molecule has 0 spiro atoms. The van der Waals surface area contributed by atoms with E-state index in [-0.39, 0.29) is 5.33 Å². The summed E-state index contributed by atoms with van der Waals surface area (Å²) >= 11 is 2.96. The molecular weight excluding hydrogens is 260 g/mol. The van der Waals surface area contributed by atoms with E-state index in [1.807, 2.05) is 6.07 Å². The molecule has 0 radical (unpaired) electrons. The quantitative estimate of drug-likeness (QED) is 0.488. The smallest absolute Gasteiger partial charge is 0.233 e. The van der Waals surface area contributed by atoms with Gasteiger partial charge in [-0.05, 0) is 6.07 Å². The molecule has 1 aromatic carbocycles. The zero-order valence-electron chi connectivity index (χ0n) is 7.70. The van der Waals surface area contributed by atoms with Gasteiger partial charge in [-0.3, -0.25) is 9.59 Å². The third-order valence-corrected chi connectivity index (χ3v) is 2.61. The van der Waals surface area contributed by atoms with Crippen LogP contribution < -0.4 is 0 Å². The van der Waals surface area contributed by atoms with Gasteiger partial charge in [0.2, 0.25) is 11.6 Å². The number of para-hydroxylation sites is 1. The number of carbonyl (C=O) groups is 2. The second-order valence-electron chi connectivity index (χ2n) is 3.03. The maximum Gasteiger partial charge on any atom is 0.233 e. The maximum atomic E-state index is 11.6. The summed E-state index contributed by atoms with van der Waals surface area (Å²) < 4.78 is 5.18. The van der Waals surface area contributed by atoms with Crippen molar-refractivity contribution in [3.8, 4) is 0 Å². The predicted molar refractivity (Wildman–Crippen MR) is 59.3 cm³/mol. The molecule has 2 aromatic rings. The molecule has 1 aromatic heterocycles. The van der Waals surface area contributed by atoms with Crippen molar-refractivity contribution >= 4 is 38.5 Å². The first-order valence-corrected chi connectivity index (χ1v) is 5.46. The maximum absolute atomic E-state index is 11.6. The highest BCUT2D eigenvalue weighted by molar-refractivity contribution is 9.09. The number of alkyl halides is 1. The van der Waals surface area contributed by atoms with Gasteiger partial charge in [0.1, 0.15) is 11.8 Å². The summed E-state index contributed by atoms with van der Waals surface area (Å²) in [5.74, 6) is -0.988. The lowest BCUT2D eigenvalue weighted by molar-refractivity contribution is -0.112. The first kappa shape index (κ1) is 10.1. The molecule has 76 valence electrons. The molecule has 4 heteroatoms. The van der Waals surface area contributed by atoms with Crippen molar-refractivity contribution in [2.75, 3.05) is 5.33 Å². The zero-order valence-corrected chi connectivity index (χ0v) is 9.28. The van der Waals surface area contributed by atoms with Gasteiger partial charge in [-0.15, -0.1) is 0 Å². The third kappa shape index (κ3) is 1.72. The summed E-state index contributed by atoms with van der Waals surface area (Å²) in [6.07, 6.45) is 1.33. The number of Topliss-reactive ketones (excluding diaryl/α,β-unsaturated/α-hetero) is 2. The number of rotatable bonds is 3. The molecule has 0 atom stereocenters. The summed E-state index contributed by atoms with van der Waals surface area (Å²) in [4.78, 5) is 22.8. The van der Waals surface area contributed by atoms with E-state index in [1.165, 1.54) is 6.26 Å². The number of furan rings is 1. The SMILES string of the molecule is O=C(CBr)C(=O)c1coc2ccccc12. The molecule has 0 saturated carbocycles. The van der Waals surface area contributed by atoms with Crippen LogP contribution in [-0.4, -0.2) is 16.9 Å². The van der Waals surface area contributed by atoms with Gasteiger partial charge in [0, 0.05) is 5.39 Å². The molecule has 0 unspecified atom stereocenters. The Morgan fingerprint density at radius 3 is 2.73 bits per heavy atom. The van der Waals surface area contributed by atoms with Crippen LogP contribution in [-0.2, 0) is 4.79 Å². The lowest BCUT2D eigenvalue weighted by atomic mass is 10.1. The highest BCUT2D eigenvalue weighted by Crippen LogP contribution is 2.21. The van der Waals surface area contributed by atoms with Crippen molar-refractivity contribution in [1.82, 2.24) is 0 Å². The molecule has 0 fully saturated rings. The first-order chi connectivity index (χ1) is 7.24. The second kappa shape index (κ2) is 3.98. The Bertz CT molecular complexity index is 527. The Labute approximate surface area is 94.2 Å². The van der Waals surface area contributed by atoms with Gasteiger partial charge >= 0.3 is 0 Å². The fourth-order valence-electron chi connectivity index (χ4n) is 1.36. The Hall–Kier alpha value is -1.42. The Morgan fingerprint density at radius 2 is 2.00 bits per heavy atom. The van der Waals surface area contributed by atoms with Gasteiger partial charge < -0.3 is 4.42 Å². The van der Waals surface area contributed by atoms with Crippen LogP contribution >= 0.6 is 15.9 Å². The fraction of sp³-hybridized carbons (Fsp3) is 0.0909. The lowest BCUT2D eigenvalue weighted by Gasteiger charge is -1.93. The molecule has 3 nitrogen and oxygen atoms in total. The largest absolute Gasteiger partial charge is 0.464 e. The van der Waals surface area contributed by atoms with Gasteiger partial charge in [0.15, 0.2) is 0 Å². The molecule has 2 rings (SSSR count). The van der Waals surface area contributed by atoms with Gasteiger partial charge in [-0.1, -0.05) is 34.1 Å². The van der Waals surface area contributed by atoms with Crippen molar-refractivity contribution in [2.24, 2.45) is 0 Å². The van der Waals surface area contributed by atoms with E-state index in [0.29, 0.717) is 16.5 Å². The number of halogens is 1. The van der Waals surface area contributed by atoms with Crippen molar-refractivity contribution in [2.45, 2.75) is 0 Å². The van der Waals surface area contributed by atoms with Crippen molar-refractivity contribution in [3.63, 3.8) is 0 Å². The Balaban J connectivity index is 2.53. The number of hydrogen-bond donors (Lipinski definition) is 0. The number of hydrogen-bond acceptors (Lipinski definition) is 3. The highest BCUT2D eigenvalue weighted by atomic mass is 79.9. The Kier molecular flexibility index (Phi) is 2.68. The highest BCUT2D eigenvalue weighted by Gasteiger charge is 2.19. The average Bonchev–Trinajstić information content (AvgIpc) is 2.70. The van der Waals surface area contributed by atoms with Crippen LogP contribution in [0.5, 0.6) is 0 Å². The van der Waals surface area contributed by atoms with E-state index >= 15 is 0 Å². The third-order valence-electron chi connectivity index (χ3n) is 2.10. The van der Waals surface area contributed by atoms with E-state index in [9.17, 15) is 9.59 Å². The van der Waals surface area contributed by atoms with Crippen LogP contribution in [0.3, 0.4) is 0 Å². The topological polar surface area (TPSA) is 47.3 Å². The fourth-order valence-corrected chi connectivity index (χ4v) is 1.62. The second-order valence-corrected chi connectivity index (χ2v) is 3.59. The number of benzene rings is 1. The summed E-state index contributed by atoms with van der Waals surface area (Å²) in [5, 5.41) is 0.711. The molecule has 0 amide bonds. The van der Waals surface area contributed by atoms with Crippen LogP contribution in [0.4, 0.5) is 0 Å². The molecule has 0 N–H and O–H groups in total. The number of carbonyl (C=O) groups excluding carboxylic acids is 2. The molecule has 0 saturated heterocycles. The van der Waals surface area contributed by atoms with E-state index in [1.54, 1.807) is 18.2 Å². The van der Waals surface area contributed by atoms with E-state index < -0.39 is 11.6 Å². The minimum atomic E-state index is -0.517. The molecule has 0 aliphatic rings. The van der Waals surface area contributed by atoms with Gasteiger partial charge in [0.05, 0.1) is 10.9 Å².